The number of ether oxygens (including phenoxy) is 1. The van der Waals surface area contributed by atoms with Crippen LogP contribution in [-0.4, -0.2) is 60.5 Å². The molecule has 3 aliphatic rings. The predicted molar refractivity (Wildman–Crippen MR) is 117 cm³/mol. The molecule has 0 spiro atoms. The van der Waals surface area contributed by atoms with Gasteiger partial charge in [-0.25, -0.2) is 4.39 Å². The lowest BCUT2D eigenvalue weighted by molar-refractivity contribution is -0.140. The average molecular weight is 432 g/mol. The van der Waals surface area contributed by atoms with E-state index in [2.05, 4.69) is 17.1 Å². The highest BCUT2D eigenvalue weighted by atomic mass is 19.1. The number of piperazine rings is 1. The molecule has 31 heavy (non-hydrogen) atoms. The van der Waals surface area contributed by atoms with Crippen molar-refractivity contribution >= 4 is 17.5 Å². The number of amides is 2. The van der Waals surface area contributed by atoms with Crippen LogP contribution in [-0.2, 0) is 20.9 Å². The Bertz CT molecular complexity index is 821. The number of carbonyl (C=O) groups is 2. The van der Waals surface area contributed by atoms with E-state index in [1.165, 1.54) is 6.07 Å². The van der Waals surface area contributed by atoms with Crippen molar-refractivity contribution in [1.29, 1.82) is 0 Å². The number of anilines is 1. The van der Waals surface area contributed by atoms with E-state index in [-0.39, 0.29) is 29.6 Å². The van der Waals surface area contributed by atoms with Gasteiger partial charge in [-0.2, -0.15) is 0 Å². The van der Waals surface area contributed by atoms with E-state index in [4.69, 9.17) is 4.74 Å². The topological polar surface area (TPSA) is 61.9 Å². The van der Waals surface area contributed by atoms with Crippen molar-refractivity contribution in [3.8, 4) is 0 Å². The van der Waals surface area contributed by atoms with Crippen LogP contribution < -0.4 is 5.32 Å². The Morgan fingerprint density at radius 3 is 2.58 bits per heavy atom. The molecule has 1 saturated carbocycles. The van der Waals surface area contributed by atoms with Gasteiger partial charge in [0.25, 0.3) is 0 Å². The van der Waals surface area contributed by atoms with Crippen molar-refractivity contribution in [1.82, 2.24) is 9.80 Å². The summed E-state index contributed by atoms with van der Waals surface area (Å²) < 4.78 is 19.4. The molecule has 3 fully saturated rings. The predicted octanol–water partition coefficient (Wildman–Crippen LogP) is 3.33. The summed E-state index contributed by atoms with van der Waals surface area (Å²) in [5.41, 5.74) is 2.32. The second-order valence-corrected chi connectivity index (χ2v) is 9.49. The fourth-order valence-corrected chi connectivity index (χ4v) is 5.05. The van der Waals surface area contributed by atoms with Crippen LogP contribution in [0.15, 0.2) is 12.1 Å². The van der Waals surface area contributed by atoms with E-state index in [1.54, 1.807) is 6.07 Å². The maximum Gasteiger partial charge on any atom is 0.226 e. The lowest BCUT2D eigenvalue weighted by Crippen LogP contribution is -2.54. The third-order valence-corrected chi connectivity index (χ3v) is 7.03. The Morgan fingerprint density at radius 2 is 1.94 bits per heavy atom. The van der Waals surface area contributed by atoms with Gasteiger partial charge in [-0.05, 0) is 49.9 Å². The quantitative estimate of drug-likeness (QED) is 0.751. The third-order valence-electron chi connectivity index (χ3n) is 7.03. The summed E-state index contributed by atoms with van der Waals surface area (Å²) in [7, 11) is 0. The Balaban J connectivity index is 1.37. The average Bonchev–Trinajstić information content (AvgIpc) is 3.23. The number of hydrogen-bond acceptors (Lipinski definition) is 4. The summed E-state index contributed by atoms with van der Waals surface area (Å²) in [6, 6.07) is 3.11. The van der Waals surface area contributed by atoms with Gasteiger partial charge in [-0.3, -0.25) is 14.5 Å². The number of halogens is 1. The Kier molecular flexibility index (Phi) is 6.92. The molecule has 2 aliphatic heterocycles. The number of carbonyl (C=O) groups excluding carboxylic acids is 2. The molecule has 1 aliphatic carbocycles. The van der Waals surface area contributed by atoms with Crippen LogP contribution in [0.3, 0.4) is 0 Å². The van der Waals surface area contributed by atoms with Gasteiger partial charge in [0.15, 0.2) is 0 Å². The minimum absolute atomic E-state index is 0.0967. The van der Waals surface area contributed by atoms with E-state index < -0.39 is 0 Å². The van der Waals surface area contributed by atoms with Gasteiger partial charge in [0.2, 0.25) is 11.8 Å². The summed E-state index contributed by atoms with van der Waals surface area (Å²) in [4.78, 5) is 29.5. The summed E-state index contributed by atoms with van der Waals surface area (Å²) in [5.74, 6) is 0.343. The van der Waals surface area contributed by atoms with Crippen molar-refractivity contribution < 1.29 is 18.7 Å². The zero-order valence-corrected chi connectivity index (χ0v) is 18.7. The second kappa shape index (κ2) is 9.65. The molecule has 4 rings (SSSR count). The van der Waals surface area contributed by atoms with E-state index >= 15 is 0 Å². The molecule has 2 saturated heterocycles. The molecule has 7 heteroatoms. The zero-order chi connectivity index (χ0) is 22.0. The molecule has 0 bridgehead atoms. The van der Waals surface area contributed by atoms with Crippen molar-refractivity contribution in [3.63, 3.8) is 0 Å². The third kappa shape index (κ3) is 5.26. The summed E-state index contributed by atoms with van der Waals surface area (Å²) in [6.45, 7) is 8.16. The largest absolute Gasteiger partial charge is 0.381 e. The molecule has 1 atom stereocenters. The molecule has 1 aromatic carbocycles. The summed E-state index contributed by atoms with van der Waals surface area (Å²) in [5, 5.41) is 2.88. The normalized spacial score (nSPS) is 23.1. The first kappa shape index (κ1) is 22.2. The van der Waals surface area contributed by atoms with Crippen molar-refractivity contribution in [2.75, 3.05) is 38.2 Å². The van der Waals surface area contributed by atoms with Gasteiger partial charge < -0.3 is 15.0 Å². The molecule has 0 radical (unpaired) electrons. The molecule has 1 aromatic rings. The highest BCUT2D eigenvalue weighted by molar-refractivity contribution is 5.91. The first-order chi connectivity index (χ1) is 14.9. The zero-order valence-electron chi connectivity index (χ0n) is 18.7. The van der Waals surface area contributed by atoms with Gasteiger partial charge in [-0.1, -0.05) is 12.8 Å². The van der Waals surface area contributed by atoms with Gasteiger partial charge in [0.1, 0.15) is 5.82 Å². The van der Waals surface area contributed by atoms with Gasteiger partial charge in [-0.15, -0.1) is 0 Å². The molecule has 1 N–H and O–H groups in total. The number of benzene rings is 1. The maximum absolute atomic E-state index is 14.3. The first-order valence-corrected chi connectivity index (χ1v) is 11.6. The van der Waals surface area contributed by atoms with Gasteiger partial charge in [0, 0.05) is 56.2 Å². The molecule has 2 amide bonds. The highest BCUT2D eigenvalue weighted by Crippen LogP contribution is 2.29. The van der Waals surface area contributed by atoms with Crippen LogP contribution in [0.1, 0.15) is 50.2 Å². The number of hydrogen-bond donors (Lipinski definition) is 1. The van der Waals surface area contributed by atoms with Crippen LogP contribution in [0.2, 0.25) is 0 Å². The van der Waals surface area contributed by atoms with Gasteiger partial charge in [0.05, 0.1) is 13.2 Å². The fourth-order valence-electron chi connectivity index (χ4n) is 5.05. The van der Waals surface area contributed by atoms with Crippen LogP contribution in [0, 0.1) is 24.6 Å². The molecular weight excluding hydrogens is 397 g/mol. The van der Waals surface area contributed by atoms with Crippen molar-refractivity contribution in [2.24, 2.45) is 11.8 Å². The number of nitrogens with zero attached hydrogens (tertiary/aromatic N) is 2. The second-order valence-electron chi connectivity index (χ2n) is 9.49. The lowest BCUT2D eigenvalue weighted by atomic mass is 10.0. The Hall–Kier alpha value is -1.99. The van der Waals surface area contributed by atoms with Crippen molar-refractivity contribution in [2.45, 2.75) is 58.5 Å². The summed E-state index contributed by atoms with van der Waals surface area (Å²) in [6.07, 6.45) is 4.78. The van der Waals surface area contributed by atoms with Crippen LogP contribution in [0.25, 0.3) is 0 Å². The highest BCUT2D eigenvalue weighted by Gasteiger charge is 2.33. The maximum atomic E-state index is 14.3. The molecular formula is C24H34FN3O3. The van der Waals surface area contributed by atoms with Crippen LogP contribution in [0.4, 0.5) is 10.1 Å². The van der Waals surface area contributed by atoms with Crippen LogP contribution in [0.5, 0.6) is 0 Å². The van der Waals surface area contributed by atoms with Crippen LogP contribution >= 0.6 is 0 Å². The molecule has 170 valence electrons. The van der Waals surface area contributed by atoms with E-state index in [1.807, 2.05) is 11.8 Å². The fraction of sp³-hybridized carbons (Fsp3) is 0.667. The van der Waals surface area contributed by atoms with Crippen molar-refractivity contribution in [3.05, 3.63) is 29.1 Å². The van der Waals surface area contributed by atoms with E-state index in [0.717, 1.165) is 56.4 Å². The number of nitrogens with one attached hydrogen (secondary N) is 1. The van der Waals surface area contributed by atoms with Gasteiger partial charge >= 0.3 is 0 Å². The van der Waals surface area contributed by atoms with E-state index in [9.17, 15) is 14.0 Å². The van der Waals surface area contributed by atoms with E-state index in [0.29, 0.717) is 37.8 Å². The number of rotatable bonds is 6. The minimum Gasteiger partial charge on any atom is -0.381 e. The molecule has 2 heterocycles. The lowest BCUT2D eigenvalue weighted by Gasteiger charge is -2.41. The Labute approximate surface area is 184 Å². The SMILES string of the molecule is Cc1c(CN2CCN(C(=O)C3CCCC3)[C@@H](C)C2)cc(F)cc1NC(=O)CC1COC1. The minimum atomic E-state index is -0.342. The standard InChI is InChI=1S/C24H34FN3O3/c1-16-12-27(7-8-28(16)24(30)19-5-3-4-6-19)13-20-10-21(25)11-22(17(20)2)26-23(29)9-18-14-31-15-18/h10-11,16,18-19H,3-9,12-15H2,1-2H3,(H,26,29)/t16-/m0/s1. The smallest absolute Gasteiger partial charge is 0.226 e. The monoisotopic (exact) mass is 431 g/mol. The first-order valence-electron chi connectivity index (χ1n) is 11.6. The Morgan fingerprint density at radius 1 is 1.19 bits per heavy atom. The summed E-state index contributed by atoms with van der Waals surface area (Å²) >= 11 is 0. The molecule has 0 aromatic heterocycles. The molecule has 6 nitrogen and oxygen atoms in total. The molecule has 0 unspecified atom stereocenters.